The van der Waals surface area contributed by atoms with Crippen LogP contribution in [0.25, 0.3) is 0 Å². The van der Waals surface area contributed by atoms with Crippen LogP contribution in [-0.2, 0) is 0 Å². The standard InChI is InChI=1S/C16H23ClN2/c17-15-5-1-13(2-6-15)14-3-7-16(8-4-14)19-11-9-18-10-12-19/h1-2,5-6,14,16,18H,3-4,7-12H2. The van der Waals surface area contributed by atoms with Gasteiger partial charge in [0.25, 0.3) is 0 Å². The summed E-state index contributed by atoms with van der Waals surface area (Å²) < 4.78 is 0. The average molecular weight is 279 g/mol. The molecule has 0 unspecified atom stereocenters. The number of benzene rings is 1. The van der Waals surface area contributed by atoms with E-state index in [9.17, 15) is 0 Å². The molecule has 2 fully saturated rings. The Morgan fingerprint density at radius 1 is 0.947 bits per heavy atom. The SMILES string of the molecule is Clc1ccc(C2CCC(N3CCNCC3)CC2)cc1. The van der Waals surface area contributed by atoms with E-state index in [0.29, 0.717) is 0 Å². The van der Waals surface area contributed by atoms with Crippen LogP contribution in [-0.4, -0.2) is 37.1 Å². The van der Waals surface area contributed by atoms with Crippen LogP contribution in [0, 0.1) is 0 Å². The molecule has 19 heavy (non-hydrogen) atoms. The molecular weight excluding hydrogens is 256 g/mol. The number of hydrogen-bond acceptors (Lipinski definition) is 2. The number of hydrogen-bond donors (Lipinski definition) is 1. The van der Waals surface area contributed by atoms with E-state index in [1.807, 2.05) is 12.1 Å². The van der Waals surface area contributed by atoms with Crippen LogP contribution in [0.2, 0.25) is 5.02 Å². The second kappa shape index (κ2) is 6.25. The first-order valence-corrected chi connectivity index (χ1v) is 7.91. The van der Waals surface area contributed by atoms with Gasteiger partial charge in [-0.3, -0.25) is 4.90 Å². The van der Waals surface area contributed by atoms with Gasteiger partial charge in [0.05, 0.1) is 0 Å². The summed E-state index contributed by atoms with van der Waals surface area (Å²) in [4.78, 5) is 2.69. The molecule has 0 aromatic heterocycles. The zero-order chi connectivity index (χ0) is 13.1. The van der Waals surface area contributed by atoms with E-state index in [-0.39, 0.29) is 0 Å². The van der Waals surface area contributed by atoms with E-state index in [1.54, 1.807) is 0 Å². The van der Waals surface area contributed by atoms with E-state index in [1.165, 1.54) is 44.3 Å². The molecular formula is C16H23ClN2. The first-order chi connectivity index (χ1) is 9.33. The van der Waals surface area contributed by atoms with Gasteiger partial charge in [-0.2, -0.15) is 0 Å². The van der Waals surface area contributed by atoms with Gasteiger partial charge < -0.3 is 5.32 Å². The summed E-state index contributed by atoms with van der Waals surface area (Å²) in [6.07, 6.45) is 5.37. The number of halogens is 1. The molecule has 3 heteroatoms. The number of piperazine rings is 1. The van der Waals surface area contributed by atoms with Crippen LogP contribution < -0.4 is 5.32 Å². The maximum absolute atomic E-state index is 5.96. The van der Waals surface area contributed by atoms with Gasteiger partial charge in [0.15, 0.2) is 0 Å². The van der Waals surface area contributed by atoms with Crippen molar-refractivity contribution in [2.75, 3.05) is 26.2 Å². The fraction of sp³-hybridized carbons (Fsp3) is 0.625. The van der Waals surface area contributed by atoms with Gasteiger partial charge in [-0.15, -0.1) is 0 Å². The van der Waals surface area contributed by atoms with Crippen molar-refractivity contribution < 1.29 is 0 Å². The predicted octanol–water partition coefficient (Wildman–Crippen LogP) is 3.27. The molecule has 1 heterocycles. The smallest absolute Gasteiger partial charge is 0.0406 e. The summed E-state index contributed by atoms with van der Waals surface area (Å²) in [5, 5.41) is 4.29. The Balaban J connectivity index is 1.55. The fourth-order valence-corrected chi connectivity index (χ4v) is 3.68. The second-order valence-electron chi connectivity index (χ2n) is 5.84. The third-order valence-electron chi connectivity index (χ3n) is 4.71. The summed E-state index contributed by atoms with van der Waals surface area (Å²) in [5.74, 6) is 0.747. The average Bonchev–Trinajstić information content (AvgIpc) is 2.49. The highest BCUT2D eigenvalue weighted by Crippen LogP contribution is 2.35. The lowest BCUT2D eigenvalue weighted by Gasteiger charge is -2.39. The topological polar surface area (TPSA) is 15.3 Å². The highest BCUT2D eigenvalue weighted by molar-refractivity contribution is 6.30. The highest BCUT2D eigenvalue weighted by atomic mass is 35.5. The molecule has 3 rings (SSSR count). The summed E-state index contributed by atoms with van der Waals surface area (Å²) in [6.45, 7) is 4.79. The molecule has 1 aromatic carbocycles. The lowest BCUT2D eigenvalue weighted by Crippen LogP contribution is -2.49. The Morgan fingerprint density at radius 2 is 1.58 bits per heavy atom. The Hall–Kier alpha value is -0.570. The third kappa shape index (κ3) is 3.31. The van der Waals surface area contributed by atoms with E-state index in [2.05, 4.69) is 22.3 Å². The maximum Gasteiger partial charge on any atom is 0.0406 e. The quantitative estimate of drug-likeness (QED) is 0.893. The van der Waals surface area contributed by atoms with Crippen molar-refractivity contribution in [3.63, 3.8) is 0 Å². The van der Waals surface area contributed by atoms with Gasteiger partial charge in [-0.1, -0.05) is 23.7 Å². The maximum atomic E-state index is 5.96. The summed E-state index contributed by atoms with van der Waals surface area (Å²) in [7, 11) is 0. The molecule has 2 aliphatic rings. The number of rotatable bonds is 2. The molecule has 0 radical (unpaired) electrons. The molecule has 2 nitrogen and oxygen atoms in total. The molecule has 0 atom stereocenters. The summed E-state index contributed by atoms with van der Waals surface area (Å²) in [5.41, 5.74) is 1.48. The van der Waals surface area contributed by atoms with Crippen LogP contribution in [0.4, 0.5) is 0 Å². The molecule has 1 saturated carbocycles. The van der Waals surface area contributed by atoms with Crippen LogP contribution in [0.5, 0.6) is 0 Å². The fourth-order valence-electron chi connectivity index (χ4n) is 3.56. The molecule has 0 bridgehead atoms. The van der Waals surface area contributed by atoms with Crippen molar-refractivity contribution in [2.24, 2.45) is 0 Å². The van der Waals surface area contributed by atoms with Gasteiger partial charge in [0, 0.05) is 37.2 Å². The molecule has 0 spiro atoms. The first kappa shape index (κ1) is 13.4. The first-order valence-electron chi connectivity index (χ1n) is 7.53. The van der Waals surface area contributed by atoms with Crippen molar-refractivity contribution in [3.8, 4) is 0 Å². The zero-order valence-corrected chi connectivity index (χ0v) is 12.2. The zero-order valence-electron chi connectivity index (χ0n) is 11.4. The largest absolute Gasteiger partial charge is 0.314 e. The van der Waals surface area contributed by atoms with Gasteiger partial charge >= 0.3 is 0 Å². The lowest BCUT2D eigenvalue weighted by atomic mass is 9.81. The van der Waals surface area contributed by atoms with Crippen LogP contribution >= 0.6 is 11.6 Å². The molecule has 1 aromatic rings. The lowest BCUT2D eigenvalue weighted by molar-refractivity contribution is 0.133. The number of nitrogens with zero attached hydrogens (tertiary/aromatic N) is 1. The molecule has 0 amide bonds. The Bertz CT molecular complexity index is 390. The van der Waals surface area contributed by atoms with Crippen molar-refractivity contribution in [1.29, 1.82) is 0 Å². The minimum absolute atomic E-state index is 0.747. The van der Waals surface area contributed by atoms with Crippen molar-refractivity contribution >= 4 is 11.6 Å². The van der Waals surface area contributed by atoms with Gasteiger partial charge in [-0.05, 0) is 49.3 Å². The van der Waals surface area contributed by atoms with Crippen molar-refractivity contribution in [1.82, 2.24) is 10.2 Å². The molecule has 104 valence electrons. The Labute approximate surface area is 121 Å². The summed E-state index contributed by atoms with van der Waals surface area (Å²) >= 11 is 5.96. The van der Waals surface area contributed by atoms with Gasteiger partial charge in [0.2, 0.25) is 0 Å². The monoisotopic (exact) mass is 278 g/mol. The summed E-state index contributed by atoms with van der Waals surface area (Å²) in [6, 6.07) is 9.29. The second-order valence-corrected chi connectivity index (χ2v) is 6.28. The Morgan fingerprint density at radius 3 is 2.21 bits per heavy atom. The molecule has 1 saturated heterocycles. The van der Waals surface area contributed by atoms with Gasteiger partial charge in [0.1, 0.15) is 0 Å². The van der Waals surface area contributed by atoms with E-state index in [0.717, 1.165) is 30.1 Å². The van der Waals surface area contributed by atoms with E-state index < -0.39 is 0 Å². The predicted molar refractivity (Wildman–Crippen MR) is 80.9 cm³/mol. The van der Waals surface area contributed by atoms with Crippen LogP contribution in [0.15, 0.2) is 24.3 Å². The highest BCUT2D eigenvalue weighted by Gasteiger charge is 2.27. The minimum atomic E-state index is 0.747. The van der Waals surface area contributed by atoms with Crippen LogP contribution in [0.1, 0.15) is 37.2 Å². The van der Waals surface area contributed by atoms with E-state index >= 15 is 0 Å². The third-order valence-corrected chi connectivity index (χ3v) is 4.96. The Kier molecular flexibility index (Phi) is 4.42. The van der Waals surface area contributed by atoms with Crippen molar-refractivity contribution in [3.05, 3.63) is 34.9 Å². The molecule has 1 N–H and O–H groups in total. The van der Waals surface area contributed by atoms with Gasteiger partial charge in [-0.25, -0.2) is 0 Å². The normalized spacial score (nSPS) is 29.3. The molecule has 1 aliphatic heterocycles. The number of nitrogens with one attached hydrogen (secondary N) is 1. The van der Waals surface area contributed by atoms with Crippen molar-refractivity contribution in [2.45, 2.75) is 37.6 Å². The minimum Gasteiger partial charge on any atom is -0.314 e. The van der Waals surface area contributed by atoms with E-state index in [4.69, 9.17) is 11.6 Å². The van der Waals surface area contributed by atoms with Crippen LogP contribution in [0.3, 0.4) is 0 Å². The molecule has 1 aliphatic carbocycles.